The minimum atomic E-state index is 0.448. The SMILES string of the molecule is CC(C1CC1)n1c(CCl)nc2ccc(Cl)cc21. The van der Waals surface area contributed by atoms with Crippen molar-refractivity contribution >= 4 is 34.2 Å². The number of aromatic nitrogens is 2. The first-order chi connectivity index (χ1) is 8.20. The molecular weight excluding hydrogens is 255 g/mol. The monoisotopic (exact) mass is 268 g/mol. The number of hydrogen-bond acceptors (Lipinski definition) is 1. The standard InChI is InChI=1S/C13H14Cl2N2/c1-8(9-2-3-9)17-12-6-10(15)4-5-11(12)16-13(17)7-14/h4-6,8-9H,2-3,7H2,1H3. The van der Waals surface area contributed by atoms with E-state index >= 15 is 0 Å². The zero-order valence-corrected chi connectivity index (χ0v) is 11.2. The van der Waals surface area contributed by atoms with Crippen LogP contribution in [0.25, 0.3) is 11.0 Å². The van der Waals surface area contributed by atoms with Gasteiger partial charge in [-0.2, -0.15) is 0 Å². The Morgan fingerprint density at radius 2 is 2.24 bits per heavy atom. The molecule has 1 aromatic heterocycles. The van der Waals surface area contributed by atoms with Crippen molar-refractivity contribution in [2.24, 2.45) is 5.92 Å². The second-order valence-electron chi connectivity index (χ2n) is 4.74. The van der Waals surface area contributed by atoms with E-state index in [2.05, 4.69) is 16.5 Å². The summed E-state index contributed by atoms with van der Waals surface area (Å²) in [5, 5.41) is 0.753. The molecule has 1 unspecified atom stereocenters. The third-order valence-electron chi connectivity index (χ3n) is 3.56. The summed E-state index contributed by atoms with van der Waals surface area (Å²) >= 11 is 12.1. The van der Waals surface area contributed by atoms with Crippen LogP contribution in [0.3, 0.4) is 0 Å². The molecule has 0 aliphatic heterocycles. The molecule has 1 saturated carbocycles. The fourth-order valence-electron chi connectivity index (χ4n) is 2.45. The Morgan fingerprint density at radius 3 is 2.88 bits per heavy atom. The maximum absolute atomic E-state index is 6.07. The predicted molar refractivity (Wildman–Crippen MR) is 71.7 cm³/mol. The van der Waals surface area contributed by atoms with E-state index in [1.165, 1.54) is 12.8 Å². The van der Waals surface area contributed by atoms with Crippen molar-refractivity contribution in [1.82, 2.24) is 9.55 Å². The first kappa shape index (κ1) is 11.4. The predicted octanol–water partition coefficient (Wildman–Crippen LogP) is 4.40. The molecule has 1 aliphatic carbocycles. The van der Waals surface area contributed by atoms with E-state index < -0.39 is 0 Å². The maximum Gasteiger partial charge on any atom is 0.125 e. The third-order valence-corrected chi connectivity index (χ3v) is 4.03. The minimum Gasteiger partial charge on any atom is -0.324 e. The van der Waals surface area contributed by atoms with Gasteiger partial charge in [0.2, 0.25) is 0 Å². The number of nitrogens with zero attached hydrogens (tertiary/aromatic N) is 2. The Labute approximate surface area is 111 Å². The van der Waals surface area contributed by atoms with Crippen LogP contribution in [0.4, 0.5) is 0 Å². The fraction of sp³-hybridized carbons (Fsp3) is 0.462. The van der Waals surface area contributed by atoms with Crippen LogP contribution in [-0.4, -0.2) is 9.55 Å². The van der Waals surface area contributed by atoms with Gasteiger partial charge in [-0.25, -0.2) is 4.98 Å². The van der Waals surface area contributed by atoms with Gasteiger partial charge in [-0.3, -0.25) is 0 Å². The average Bonchev–Trinajstić information content (AvgIpc) is 3.09. The van der Waals surface area contributed by atoms with Gasteiger partial charge in [0.15, 0.2) is 0 Å². The second kappa shape index (κ2) is 4.18. The smallest absolute Gasteiger partial charge is 0.125 e. The lowest BCUT2D eigenvalue weighted by atomic mass is 10.2. The molecule has 1 aromatic carbocycles. The molecule has 4 heteroatoms. The van der Waals surface area contributed by atoms with E-state index in [0.717, 1.165) is 27.8 Å². The number of benzene rings is 1. The number of fused-ring (bicyclic) bond motifs is 1. The minimum absolute atomic E-state index is 0.448. The number of imidazole rings is 1. The van der Waals surface area contributed by atoms with Gasteiger partial charge < -0.3 is 4.57 Å². The van der Waals surface area contributed by atoms with Gasteiger partial charge in [0.05, 0.1) is 16.9 Å². The van der Waals surface area contributed by atoms with Crippen LogP contribution in [0.5, 0.6) is 0 Å². The Hall–Kier alpha value is -0.730. The first-order valence-electron chi connectivity index (χ1n) is 5.93. The molecule has 1 atom stereocenters. The number of halogens is 2. The number of hydrogen-bond donors (Lipinski definition) is 0. The highest BCUT2D eigenvalue weighted by Gasteiger charge is 2.31. The molecule has 1 aliphatic rings. The molecule has 2 nitrogen and oxygen atoms in total. The van der Waals surface area contributed by atoms with Gasteiger partial charge in [0.25, 0.3) is 0 Å². The molecule has 1 fully saturated rings. The third kappa shape index (κ3) is 1.94. The molecule has 0 spiro atoms. The summed E-state index contributed by atoms with van der Waals surface area (Å²) in [5.41, 5.74) is 2.09. The van der Waals surface area contributed by atoms with Crippen molar-refractivity contribution in [1.29, 1.82) is 0 Å². The van der Waals surface area contributed by atoms with Crippen LogP contribution in [-0.2, 0) is 5.88 Å². The average molecular weight is 269 g/mol. The summed E-state index contributed by atoms with van der Waals surface area (Å²) in [6.45, 7) is 2.25. The van der Waals surface area contributed by atoms with Gasteiger partial charge in [-0.1, -0.05) is 11.6 Å². The summed E-state index contributed by atoms with van der Waals surface area (Å²) < 4.78 is 2.26. The molecule has 17 heavy (non-hydrogen) atoms. The number of alkyl halides is 1. The lowest BCUT2D eigenvalue weighted by Gasteiger charge is -2.16. The highest BCUT2D eigenvalue weighted by atomic mass is 35.5. The van der Waals surface area contributed by atoms with Crippen LogP contribution in [0.1, 0.15) is 31.6 Å². The molecule has 0 saturated heterocycles. The van der Waals surface area contributed by atoms with Crippen LogP contribution in [0.2, 0.25) is 5.02 Å². The molecular formula is C13H14Cl2N2. The van der Waals surface area contributed by atoms with Crippen molar-refractivity contribution in [2.75, 3.05) is 0 Å². The molecule has 0 radical (unpaired) electrons. The second-order valence-corrected chi connectivity index (χ2v) is 5.45. The summed E-state index contributed by atoms with van der Waals surface area (Å²) in [7, 11) is 0. The van der Waals surface area contributed by atoms with Gasteiger partial charge in [0, 0.05) is 11.1 Å². The van der Waals surface area contributed by atoms with Crippen LogP contribution >= 0.6 is 23.2 Å². The first-order valence-corrected chi connectivity index (χ1v) is 6.84. The normalized spacial score (nSPS) is 17.6. The number of rotatable bonds is 3. The molecule has 0 N–H and O–H groups in total. The quantitative estimate of drug-likeness (QED) is 0.755. The summed E-state index contributed by atoms with van der Waals surface area (Å²) in [4.78, 5) is 4.58. The van der Waals surface area contributed by atoms with Crippen LogP contribution in [0, 0.1) is 5.92 Å². The van der Waals surface area contributed by atoms with Gasteiger partial charge in [0.1, 0.15) is 5.82 Å². The summed E-state index contributed by atoms with van der Waals surface area (Å²) in [6, 6.07) is 6.29. The van der Waals surface area contributed by atoms with Gasteiger partial charge >= 0.3 is 0 Å². The molecule has 90 valence electrons. The Kier molecular flexibility index (Phi) is 2.80. The van der Waals surface area contributed by atoms with E-state index in [1.54, 1.807) is 0 Å². The summed E-state index contributed by atoms with van der Waals surface area (Å²) in [5.74, 6) is 2.17. The van der Waals surface area contributed by atoms with E-state index in [0.29, 0.717) is 11.9 Å². The van der Waals surface area contributed by atoms with Crippen molar-refractivity contribution in [3.05, 3.63) is 29.0 Å². The van der Waals surface area contributed by atoms with Crippen molar-refractivity contribution in [3.63, 3.8) is 0 Å². The molecule has 2 aromatic rings. The maximum atomic E-state index is 6.07. The largest absolute Gasteiger partial charge is 0.324 e. The van der Waals surface area contributed by atoms with Crippen LogP contribution in [0.15, 0.2) is 18.2 Å². The van der Waals surface area contributed by atoms with E-state index in [-0.39, 0.29) is 0 Å². The Morgan fingerprint density at radius 1 is 1.47 bits per heavy atom. The van der Waals surface area contributed by atoms with E-state index in [4.69, 9.17) is 23.2 Å². The molecule has 3 rings (SSSR count). The lowest BCUT2D eigenvalue weighted by molar-refractivity contribution is 0.486. The zero-order valence-electron chi connectivity index (χ0n) is 9.66. The zero-order chi connectivity index (χ0) is 12.0. The van der Waals surface area contributed by atoms with Crippen LogP contribution < -0.4 is 0 Å². The van der Waals surface area contributed by atoms with Crippen molar-refractivity contribution in [2.45, 2.75) is 31.7 Å². The summed E-state index contributed by atoms with van der Waals surface area (Å²) in [6.07, 6.45) is 2.62. The van der Waals surface area contributed by atoms with Gasteiger partial charge in [-0.15, -0.1) is 11.6 Å². The lowest BCUT2D eigenvalue weighted by Crippen LogP contribution is -2.10. The highest BCUT2D eigenvalue weighted by Crippen LogP contribution is 2.41. The van der Waals surface area contributed by atoms with Crippen molar-refractivity contribution in [3.8, 4) is 0 Å². The molecule has 1 heterocycles. The van der Waals surface area contributed by atoms with E-state index in [9.17, 15) is 0 Å². The molecule has 0 bridgehead atoms. The molecule has 0 amide bonds. The van der Waals surface area contributed by atoms with E-state index in [1.807, 2.05) is 18.2 Å². The Balaban J connectivity index is 2.20. The fourth-order valence-corrected chi connectivity index (χ4v) is 2.81. The highest BCUT2D eigenvalue weighted by molar-refractivity contribution is 6.31. The van der Waals surface area contributed by atoms with Crippen molar-refractivity contribution < 1.29 is 0 Å². The topological polar surface area (TPSA) is 17.8 Å². The van der Waals surface area contributed by atoms with Gasteiger partial charge in [-0.05, 0) is 43.9 Å². The Bertz CT molecular complexity index is 558.